The molecule has 0 saturated heterocycles. The summed E-state index contributed by atoms with van der Waals surface area (Å²) in [6.07, 6.45) is 4.11. The molecular weight excluding hydrogens is 262 g/mol. The van der Waals surface area contributed by atoms with Crippen molar-refractivity contribution < 1.29 is 18.6 Å². The highest BCUT2D eigenvalue weighted by molar-refractivity contribution is 5.35. The van der Waals surface area contributed by atoms with Gasteiger partial charge in [-0.25, -0.2) is 0 Å². The third-order valence-electron chi connectivity index (χ3n) is 3.59. The molecule has 1 aromatic rings. The summed E-state index contributed by atoms with van der Waals surface area (Å²) in [7, 11) is 0. The van der Waals surface area contributed by atoms with Gasteiger partial charge in [0, 0.05) is 5.56 Å². The summed E-state index contributed by atoms with van der Waals surface area (Å²) >= 11 is 0. The molecule has 1 N–H and O–H groups in total. The lowest BCUT2D eigenvalue weighted by Crippen LogP contribution is -2.10. The molecule has 0 fully saturated rings. The van der Waals surface area contributed by atoms with Gasteiger partial charge in [-0.3, -0.25) is 0 Å². The predicted octanol–water partition coefficient (Wildman–Crippen LogP) is 4.93. The first-order valence-electron chi connectivity index (χ1n) is 7.30. The van der Waals surface area contributed by atoms with E-state index in [1.54, 1.807) is 18.2 Å². The van der Waals surface area contributed by atoms with E-state index in [4.69, 9.17) is 0 Å². The van der Waals surface area contributed by atoms with Crippen LogP contribution >= 0.6 is 0 Å². The standard InChI is InChI=1S/C16H24F2O2/c1-3-5-8-12(4-2)11-14(19)13-9-6-7-10-15(13)20-16(17)18/h6-7,9-10,12,14,16,19H,3-5,8,11H2,1-2H3. The maximum atomic E-state index is 12.4. The number of aliphatic hydroxyl groups is 1. The lowest BCUT2D eigenvalue weighted by molar-refractivity contribution is -0.0517. The van der Waals surface area contributed by atoms with Crippen molar-refractivity contribution in [1.82, 2.24) is 0 Å². The number of ether oxygens (including phenoxy) is 1. The Morgan fingerprint density at radius 2 is 1.90 bits per heavy atom. The zero-order valence-electron chi connectivity index (χ0n) is 12.2. The van der Waals surface area contributed by atoms with Crippen molar-refractivity contribution in [2.75, 3.05) is 0 Å². The lowest BCUT2D eigenvalue weighted by atomic mass is 9.90. The molecule has 20 heavy (non-hydrogen) atoms. The quantitative estimate of drug-likeness (QED) is 0.697. The number of rotatable bonds is 9. The molecule has 0 aromatic heterocycles. The van der Waals surface area contributed by atoms with Crippen LogP contribution in [0, 0.1) is 5.92 Å². The van der Waals surface area contributed by atoms with Gasteiger partial charge in [0.15, 0.2) is 0 Å². The van der Waals surface area contributed by atoms with Crippen molar-refractivity contribution in [1.29, 1.82) is 0 Å². The second kappa shape index (κ2) is 8.90. The normalized spacial score (nSPS) is 14.3. The molecule has 4 heteroatoms. The van der Waals surface area contributed by atoms with E-state index >= 15 is 0 Å². The van der Waals surface area contributed by atoms with Crippen molar-refractivity contribution in [2.24, 2.45) is 5.92 Å². The SMILES string of the molecule is CCCCC(CC)CC(O)c1ccccc1OC(F)F. The first-order chi connectivity index (χ1) is 9.58. The fourth-order valence-corrected chi connectivity index (χ4v) is 2.38. The second-order valence-corrected chi connectivity index (χ2v) is 5.08. The Labute approximate surface area is 119 Å². The van der Waals surface area contributed by atoms with Crippen molar-refractivity contribution >= 4 is 0 Å². The molecule has 0 amide bonds. The molecule has 0 aliphatic rings. The fourth-order valence-electron chi connectivity index (χ4n) is 2.38. The van der Waals surface area contributed by atoms with Crippen molar-refractivity contribution in [2.45, 2.75) is 58.7 Å². The zero-order valence-corrected chi connectivity index (χ0v) is 12.2. The molecule has 114 valence electrons. The van der Waals surface area contributed by atoms with Crippen LogP contribution in [0.25, 0.3) is 0 Å². The molecule has 2 unspecified atom stereocenters. The van der Waals surface area contributed by atoms with Crippen molar-refractivity contribution in [3.8, 4) is 5.75 Å². The Hall–Kier alpha value is -1.16. The zero-order chi connectivity index (χ0) is 15.0. The monoisotopic (exact) mass is 286 g/mol. The predicted molar refractivity (Wildman–Crippen MR) is 76.0 cm³/mol. The Balaban J connectivity index is 2.72. The number of para-hydroxylation sites is 1. The molecule has 1 aromatic carbocycles. The molecule has 2 nitrogen and oxygen atoms in total. The Morgan fingerprint density at radius 3 is 2.50 bits per heavy atom. The lowest BCUT2D eigenvalue weighted by Gasteiger charge is -2.21. The van der Waals surface area contributed by atoms with Crippen LogP contribution in [0.5, 0.6) is 5.75 Å². The third-order valence-corrected chi connectivity index (χ3v) is 3.59. The van der Waals surface area contributed by atoms with Crippen LogP contribution in [0.1, 0.15) is 57.6 Å². The second-order valence-electron chi connectivity index (χ2n) is 5.08. The van der Waals surface area contributed by atoms with Gasteiger partial charge in [0.2, 0.25) is 0 Å². The molecule has 1 rings (SSSR count). The molecule has 0 aliphatic carbocycles. The molecule has 0 radical (unpaired) electrons. The van der Waals surface area contributed by atoms with Gasteiger partial charge >= 0.3 is 6.61 Å². The Morgan fingerprint density at radius 1 is 1.20 bits per heavy atom. The number of benzene rings is 1. The Kier molecular flexibility index (Phi) is 7.52. The van der Waals surface area contributed by atoms with Crippen molar-refractivity contribution in [3.05, 3.63) is 29.8 Å². The number of hydrogen-bond acceptors (Lipinski definition) is 2. The van der Waals surface area contributed by atoms with Crippen molar-refractivity contribution in [3.63, 3.8) is 0 Å². The van der Waals surface area contributed by atoms with Gasteiger partial charge in [-0.1, -0.05) is 57.7 Å². The molecule has 0 heterocycles. The first-order valence-corrected chi connectivity index (χ1v) is 7.30. The van der Waals surface area contributed by atoms with E-state index < -0.39 is 12.7 Å². The number of halogens is 2. The van der Waals surface area contributed by atoms with E-state index in [0.29, 0.717) is 17.9 Å². The van der Waals surface area contributed by atoms with E-state index in [9.17, 15) is 13.9 Å². The molecular formula is C16H24F2O2. The fraction of sp³-hybridized carbons (Fsp3) is 0.625. The smallest absolute Gasteiger partial charge is 0.387 e. The minimum atomic E-state index is -2.87. The first kappa shape index (κ1) is 16.9. The van der Waals surface area contributed by atoms with Crippen LogP contribution < -0.4 is 4.74 Å². The summed E-state index contributed by atoms with van der Waals surface area (Å²) in [6.45, 7) is 1.36. The van der Waals surface area contributed by atoms with Gasteiger partial charge in [0.05, 0.1) is 6.10 Å². The summed E-state index contributed by atoms with van der Waals surface area (Å²) in [5, 5.41) is 10.3. The maximum absolute atomic E-state index is 12.4. The molecule has 0 aliphatic heterocycles. The molecule has 0 bridgehead atoms. The van der Waals surface area contributed by atoms with Crippen LogP contribution in [-0.4, -0.2) is 11.7 Å². The Bertz CT molecular complexity index is 382. The maximum Gasteiger partial charge on any atom is 0.387 e. The summed E-state index contributed by atoms with van der Waals surface area (Å²) in [5.41, 5.74) is 0.447. The average Bonchev–Trinajstić information content (AvgIpc) is 2.43. The molecule has 0 spiro atoms. The van der Waals surface area contributed by atoms with Gasteiger partial charge < -0.3 is 9.84 Å². The topological polar surface area (TPSA) is 29.5 Å². The van der Waals surface area contributed by atoms with Crippen LogP contribution in [0.2, 0.25) is 0 Å². The summed E-state index contributed by atoms with van der Waals surface area (Å²) in [4.78, 5) is 0. The van der Waals surface area contributed by atoms with Crippen LogP contribution in [0.3, 0.4) is 0 Å². The van der Waals surface area contributed by atoms with Crippen LogP contribution in [0.15, 0.2) is 24.3 Å². The van der Waals surface area contributed by atoms with Gasteiger partial charge in [-0.15, -0.1) is 0 Å². The number of aliphatic hydroxyl groups excluding tert-OH is 1. The van der Waals surface area contributed by atoms with E-state index in [2.05, 4.69) is 18.6 Å². The van der Waals surface area contributed by atoms with Crippen LogP contribution in [0.4, 0.5) is 8.78 Å². The third kappa shape index (κ3) is 5.45. The summed E-state index contributed by atoms with van der Waals surface area (Å²) < 4.78 is 29.2. The minimum Gasteiger partial charge on any atom is -0.434 e. The minimum absolute atomic E-state index is 0.0698. The largest absolute Gasteiger partial charge is 0.434 e. The highest BCUT2D eigenvalue weighted by Gasteiger charge is 2.19. The highest BCUT2D eigenvalue weighted by Crippen LogP contribution is 2.32. The van der Waals surface area contributed by atoms with E-state index in [1.165, 1.54) is 6.07 Å². The average molecular weight is 286 g/mol. The highest BCUT2D eigenvalue weighted by atomic mass is 19.3. The summed E-state index contributed by atoms with van der Waals surface area (Å²) in [5.74, 6) is 0.477. The molecule has 2 atom stereocenters. The van der Waals surface area contributed by atoms with Gasteiger partial charge in [0.25, 0.3) is 0 Å². The number of hydrogen-bond donors (Lipinski definition) is 1. The van der Waals surface area contributed by atoms with E-state index in [0.717, 1.165) is 25.7 Å². The number of unbranched alkanes of at least 4 members (excludes halogenated alkanes) is 1. The molecule has 0 saturated carbocycles. The van der Waals surface area contributed by atoms with Gasteiger partial charge in [-0.2, -0.15) is 8.78 Å². The summed E-state index contributed by atoms with van der Waals surface area (Å²) in [6, 6.07) is 6.47. The van der Waals surface area contributed by atoms with E-state index in [-0.39, 0.29) is 5.75 Å². The van der Waals surface area contributed by atoms with Crippen LogP contribution in [-0.2, 0) is 0 Å². The van der Waals surface area contributed by atoms with Gasteiger partial charge in [0.1, 0.15) is 5.75 Å². The van der Waals surface area contributed by atoms with Gasteiger partial charge in [-0.05, 0) is 18.4 Å². The number of alkyl halides is 2. The van der Waals surface area contributed by atoms with E-state index in [1.807, 2.05) is 0 Å².